The number of carboxylic acids is 1. The number of aliphatic carboxylic acids is 1. The van der Waals surface area contributed by atoms with Crippen LogP contribution in [0, 0.1) is 6.92 Å². The Morgan fingerprint density at radius 3 is 2.35 bits per heavy atom. The van der Waals surface area contributed by atoms with Crippen molar-refractivity contribution in [2.45, 2.75) is 13.1 Å². The lowest BCUT2D eigenvalue weighted by Gasteiger charge is -2.12. The highest BCUT2D eigenvalue weighted by Crippen LogP contribution is 2.33. The molecule has 0 aliphatic rings. The normalized spacial score (nSPS) is 11.1. The number of hydrogen-bond acceptors (Lipinski definition) is 2. The number of anilines is 1. The minimum atomic E-state index is -4.55. The molecule has 0 aliphatic heterocycles. The smallest absolute Gasteiger partial charge is 0.416 e. The zero-order valence-corrected chi connectivity index (χ0v) is 8.63. The molecule has 92 valence electrons. The molecule has 1 aromatic carbocycles. The molecule has 0 heterocycles. The number of amides is 1. The fourth-order valence-electron chi connectivity index (χ4n) is 1.19. The molecule has 0 bridgehead atoms. The Labute approximate surface area is 94.1 Å². The van der Waals surface area contributed by atoms with Crippen molar-refractivity contribution >= 4 is 17.6 Å². The number of carbonyl (C=O) groups excluding carboxylic acids is 1. The Hall–Kier alpha value is -2.05. The average molecular weight is 247 g/mol. The van der Waals surface area contributed by atoms with E-state index in [0.717, 1.165) is 6.07 Å². The molecule has 1 amide bonds. The van der Waals surface area contributed by atoms with E-state index in [-0.39, 0.29) is 11.3 Å². The third kappa shape index (κ3) is 3.20. The van der Waals surface area contributed by atoms with E-state index >= 15 is 0 Å². The van der Waals surface area contributed by atoms with Crippen molar-refractivity contribution in [1.29, 1.82) is 0 Å². The lowest BCUT2D eigenvalue weighted by atomic mass is 10.1. The molecule has 0 radical (unpaired) electrons. The van der Waals surface area contributed by atoms with E-state index in [2.05, 4.69) is 0 Å². The summed E-state index contributed by atoms with van der Waals surface area (Å²) in [6.07, 6.45) is -4.55. The van der Waals surface area contributed by atoms with Crippen molar-refractivity contribution in [3.63, 3.8) is 0 Å². The molecule has 0 spiro atoms. The van der Waals surface area contributed by atoms with Crippen LogP contribution in [0.1, 0.15) is 11.1 Å². The van der Waals surface area contributed by atoms with Gasteiger partial charge in [0.05, 0.1) is 5.56 Å². The number of carbonyl (C=O) groups is 2. The van der Waals surface area contributed by atoms with Gasteiger partial charge in [0.15, 0.2) is 0 Å². The molecule has 0 aliphatic carbocycles. The van der Waals surface area contributed by atoms with Gasteiger partial charge in [0.1, 0.15) is 0 Å². The second-order valence-electron chi connectivity index (χ2n) is 3.29. The number of hydrogen-bond donors (Lipinski definition) is 2. The van der Waals surface area contributed by atoms with Gasteiger partial charge in [-0.3, -0.25) is 4.79 Å². The summed E-state index contributed by atoms with van der Waals surface area (Å²) in [5.74, 6) is -3.15. The van der Waals surface area contributed by atoms with Crippen LogP contribution in [-0.4, -0.2) is 17.0 Å². The maximum Gasteiger partial charge on any atom is 0.416 e. The van der Waals surface area contributed by atoms with Crippen molar-refractivity contribution in [2.75, 3.05) is 5.32 Å². The van der Waals surface area contributed by atoms with Crippen LogP contribution in [0.5, 0.6) is 0 Å². The number of aryl methyl sites for hydroxylation is 1. The second-order valence-corrected chi connectivity index (χ2v) is 3.29. The molecule has 17 heavy (non-hydrogen) atoms. The summed E-state index contributed by atoms with van der Waals surface area (Å²) in [6, 6.07) is 3.04. The molecule has 7 heteroatoms. The molecule has 1 aromatic rings. The molecule has 0 saturated carbocycles. The molecule has 0 saturated heterocycles. The van der Waals surface area contributed by atoms with Gasteiger partial charge in [0.2, 0.25) is 0 Å². The van der Waals surface area contributed by atoms with Crippen LogP contribution in [0.3, 0.4) is 0 Å². The van der Waals surface area contributed by atoms with Crippen LogP contribution in [-0.2, 0) is 15.8 Å². The molecular formula is C10H8F3NO3. The molecule has 1 rings (SSSR count). The molecule has 0 fully saturated rings. The van der Waals surface area contributed by atoms with Crippen molar-refractivity contribution in [1.82, 2.24) is 0 Å². The quantitative estimate of drug-likeness (QED) is 0.746. The largest absolute Gasteiger partial charge is 0.474 e. The van der Waals surface area contributed by atoms with Crippen LogP contribution >= 0.6 is 0 Å². The number of alkyl halides is 3. The minimum absolute atomic E-state index is 0.00850. The Balaban J connectivity index is 3.05. The number of benzene rings is 1. The number of nitrogens with one attached hydrogen (secondary N) is 1. The topological polar surface area (TPSA) is 66.4 Å². The summed E-state index contributed by atoms with van der Waals surface area (Å²) in [4.78, 5) is 21.0. The van der Waals surface area contributed by atoms with Gasteiger partial charge in [-0.25, -0.2) is 4.79 Å². The van der Waals surface area contributed by atoms with E-state index in [1.807, 2.05) is 5.32 Å². The highest BCUT2D eigenvalue weighted by atomic mass is 19.4. The van der Waals surface area contributed by atoms with Crippen LogP contribution in [0.15, 0.2) is 18.2 Å². The molecule has 4 nitrogen and oxygen atoms in total. The first kappa shape index (κ1) is 13.0. The molecule has 2 N–H and O–H groups in total. The maximum atomic E-state index is 12.5. The van der Waals surface area contributed by atoms with Gasteiger partial charge in [0, 0.05) is 5.69 Å². The Kier molecular flexibility index (Phi) is 3.40. The SMILES string of the molecule is Cc1ccc(NC(=O)C(=O)O)cc1C(F)(F)F. The van der Waals surface area contributed by atoms with Gasteiger partial charge in [-0.1, -0.05) is 6.07 Å². The molecule has 0 atom stereocenters. The predicted molar refractivity (Wildman–Crippen MR) is 52.4 cm³/mol. The fourth-order valence-corrected chi connectivity index (χ4v) is 1.19. The van der Waals surface area contributed by atoms with E-state index in [1.54, 1.807) is 0 Å². The van der Waals surface area contributed by atoms with Gasteiger partial charge in [-0.05, 0) is 24.6 Å². The van der Waals surface area contributed by atoms with E-state index < -0.39 is 23.6 Å². The van der Waals surface area contributed by atoms with E-state index in [0.29, 0.717) is 6.07 Å². The molecule has 0 aromatic heterocycles. The van der Waals surface area contributed by atoms with Crippen LogP contribution in [0.4, 0.5) is 18.9 Å². The van der Waals surface area contributed by atoms with Crippen LogP contribution in [0.25, 0.3) is 0 Å². The van der Waals surface area contributed by atoms with Crippen molar-refractivity contribution in [3.05, 3.63) is 29.3 Å². The summed E-state index contributed by atoms with van der Waals surface area (Å²) in [7, 11) is 0. The zero-order chi connectivity index (χ0) is 13.2. The fraction of sp³-hybridized carbons (Fsp3) is 0.200. The van der Waals surface area contributed by atoms with E-state index in [4.69, 9.17) is 5.11 Å². The van der Waals surface area contributed by atoms with Gasteiger partial charge in [-0.2, -0.15) is 13.2 Å². The van der Waals surface area contributed by atoms with Crippen molar-refractivity contribution in [3.8, 4) is 0 Å². The highest BCUT2D eigenvalue weighted by molar-refractivity contribution is 6.36. The zero-order valence-electron chi connectivity index (χ0n) is 8.63. The standard InChI is InChI=1S/C10H8F3NO3/c1-5-2-3-6(14-8(15)9(16)17)4-7(5)10(11,12)13/h2-4H,1H3,(H,14,15)(H,16,17). The maximum absolute atomic E-state index is 12.5. The van der Waals surface area contributed by atoms with Gasteiger partial charge >= 0.3 is 18.1 Å². The Bertz CT molecular complexity index is 468. The Morgan fingerprint density at radius 1 is 1.29 bits per heavy atom. The first-order valence-corrected chi connectivity index (χ1v) is 4.44. The van der Waals surface area contributed by atoms with E-state index in [1.165, 1.54) is 13.0 Å². The monoisotopic (exact) mass is 247 g/mol. The van der Waals surface area contributed by atoms with Gasteiger partial charge < -0.3 is 10.4 Å². The highest BCUT2D eigenvalue weighted by Gasteiger charge is 2.32. The lowest BCUT2D eigenvalue weighted by Crippen LogP contribution is -2.22. The molecule has 0 unspecified atom stereocenters. The average Bonchev–Trinajstić information content (AvgIpc) is 2.19. The third-order valence-electron chi connectivity index (χ3n) is 2.00. The predicted octanol–water partition coefficient (Wildman–Crippen LogP) is 2.04. The van der Waals surface area contributed by atoms with Crippen LogP contribution in [0.2, 0.25) is 0 Å². The summed E-state index contributed by atoms with van der Waals surface area (Å²) >= 11 is 0. The number of carboxylic acid groups (broad SMARTS) is 1. The van der Waals surface area contributed by atoms with Gasteiger partial charge in [0.25, 0.3) is 0 Å². The summed E-state index contributed by atoms with van der Waals surface area (Å²) in [5, 5.41) is 10.1. The van der Waals surface area contributed by atoms with E-state index in [9.17, 15) is 22.8 Å². The third-order valence-corrected chi connectivity index (χ3v) is 2.00. The summed E-state index contributed by atoms with van der Waals surface area (Å²) in [6.45, 7) is 1.27. The van der Waals surface area contributed by atoms with Crippen molar-refractivity contribution < 1.29 is 27.9 Å². The minimum Gasteiger partial charge on any atom is -0.474 e. The lowest BCUT2D eigenvalue weighted by molar-refractivity contribution is -0.147. The van der Waals surface area contributed by atoms with Gasteiger partial charge in [-0.15, -0.1) is 0 Å². The second kappa shape index (κ2) is 4.44. The van der Waals surface area contributed by atoms with Crippen molar-refractivity contribution in [2.24, 2.45) is 0 Å². The number of rotatable bonds is 1. The van der Waals surface area contributed by atoms with Crippen LogP contribution < -0.4 is 5.32 Å². The first-order chi connectivity index (χ1) is 7.71. The summed E-state index contributed by atoms with van der Waals surface area (Å²) in [5.41, 5.74) is -1.14. The molecular weight excluding hydrogens is 239 g/mol. The first-order valence-electron chi connectivity index (χ1n) is 4.44. The Morgan fingerprint density at radius 2 is 1.88 bits per heavy atom. The summed E-state index contributed by atoms with van der Waals surface area (Å²) < 4.78 is 37.5. The number of halogens is 3.